The fraction of sp³-hybridized carbons (Fsp3) is 0.353. The van der Waals surface area contributed by atoms with Crippen molar-refractivity contribution in [1.29, 1.82) is 0 Å². The molecule has 0 aliphatic carbocycles. The zero-order chi connectivity index (χ0) is 15.5. The van der Waals surface area contributed by atoms with Crippen LogP contribution in [0.3, 0.4) is 0 Å². The molecule has 0 spiro atoms. The van der Waals surface area contributed by atoms with Gasteiger partial charge in [-0.1, -0.05) is 0 Å². The van der Waals surface area contributed by atoms with E-state index in [-0.39, 0.29) is 18.1 Å². The Morgan fingerprint density at radius 3 is 2.41 bits per heavy atom. The van der Waals surface area contributed by atoms with Gasteiger partial charge in [0.2, 0.25) is 0 Å². The Bertz CT molecular complexity index is 612. The van der Waals surface area contributed by atoms with Crippen LogP contribution in [0.5, 0.6) is 0 Å². The van der Waals surface area contributed by atoms with Gasteiger partial charge >= 0.3 is 0 Å². The predicted molar refractivity (Wildman–Crippen MR) is 85.3 cm³/mol. The molecule has 1 aliphatic rings. The van der Waals surface area contributed by atoms with Gasteiger partial charge in [0.05, 0.1) is 18.5 Å². The topological polar surface area (TPSA) is 54.7 Å². The maximum atomic E-state index is 11.9. The summed E-state index contributed by atoms with van der Waals surface area (Å²) in [6.45, 7) is 5.92. The van der Waals surface area contributed by atoms with Gasteiger partial charge in [0.15, 0.2) is 5.76 Å². The minimum atomic E-state index is -0.244. The zero-order valence-electron chi connectivity index (χ0n) is 12.8. The molecule has 2 aromatic rings. The average Bonchev–Trinajstić information content (AvgIpc) is 3.01. The number of nitrogens with zero attached hydrogens (tertiary/aromatic N) is 1. The molecule has 0 saturated carbocycles. The summed E-state index contributed by atoms with van der Waals surface area (Å²) in [5.41, 5.74) is 1.89. The Kier molecular flexibility index (Phi) is 4.15. The number of anilines is 2. The number of carbonyl (C=O) groups excluding carboxylic acids is 1. The molecule has 0 bridgehead atoms. The third-order valence-corrected chi connectivity index (χ3v) is 3.65. The third-order valence-electron chi connectivity index (χ3n) is 3.65. The standard InChI is InChI=1S/C17H20N2O3/c1-12-10-19(11-13(2)22-12)15-7-5-14(6-8-15)18-17(20)16-4-3-9-21-16/h3-9,12-13H,10-11H2,1-2H3,(H,18,20)/t12-,13-/m0/s1. The van der Waals surface area contributed by atoms with E-state index < -0.39 is 0 Å². The normalized spacial score (nSPS) is 21.6. The number of benzene rings is 1. The van der Waals surface area contributed by atoms with Gasteiger partial charge in [0.1, 0.15) is 0 Å². The lowest BCUT2D eigenvalue weighted by Gasteiger charge is -2.36. The fourth-order valence-electron chi connectivity index (χ4n) is 2.74. The second-order valence-corrected chi connectivity index (χ2v) is 5.64. The number of amides is 1. The van der Waals surface area contributed by atoms with Gasteiger partial charge in [-0.05, 0) is 50.2 Å². The van der Waals surface area contributed by atoms with Gasteiger partial charge in [-0.15, -0.1) is 0 Å². The van der Waals surface area contributed by atoms with Crippen molar-refractivity contribution in [2.45, 2.75) is 26.1 Å². The first-order chi connectivity index (χ1) is 10.6. The highest BCUT2D eigenvalue weighted by atomic mass is 16.5. The molecule has 22 heavy (non-hydrogen) atoms. The molecule has 1 saturated heterocycles. The zero-order valence-corrected chi connectivity index (χ0v) is 12.8. The van der Waals surface area contributed by atoms with E-state index in [0.717, 1.165) is 24.5 Å². The van der Waals surface area contributed by atoms with Crippen LogP contribution in [-0.4, -0.2) is 31.2 Å². The van der Waals surface area contributed by atoms with Gasteiger partial charge < -0.3 is 19.4 Å². The van der Waals surface area contributed by atoms with Gasteiger partial charge in [-0.3, -0.25) is 4.79 Å². The molecule has 2 heterocycles. The van der Waals surface area contributed by atoms with Gasteiger partial charge in [-0.2, -0.15) is 0 Å². The monoisotopic (exact) mass is 300 g/mol. The lowest BCUT2D eigenvalue weighted by Crippen LogP contribution is -2.45. The third kappa shape index (κ3) is 3.31. The molecular weight excluding hydrogens is 280 g/mol. The van der Waals surface area contributed by atoms with Gasteiger partial charge in [-0.25, -0.2) is 0 Å². The van der Waals surface area contributed by atoms with Crippen LogP contribution in [0.25, 0.3) is 0 Å². The minimum Gasteiger partial charge on any atom is -0.459 e. The van der Waals surface area contributed by atoms with Crippen molar-refractivity contribution >= 4 is 17.3 Å². The summed E-state index contributed by atoms with van der Waals surface area (Å²) >= 11 is 0. The predicted octanol–water partition coefficient (Wildman–Crippen LogP) is 3.15. The Labute approximate surface area is 129 Å². The van der Waals surface area contributed by atoms with Crippen LogP contribution in [0.1, 0.15) is 24.4 Å². The summed E-state index contributed by atoms with van der Waals surface area (Å²) in [6, 6.07) is 11.2. The van der Waals surface area contributed by atoms with E-state index in [9.17, 15) is 4.79 Å². The number of ether oxygens (including phenoxy) is 1. The second-order valence-electron chi connectivity index (χ2n) is 5.64. The summed E-state index contributed by atoms with van der Waals surface area (Å²) in [4.78, 5) is 14.2. The van der Waals surface area contributed by atoms with E-state index in [4.69, 9.17) is 9.15 Å². The quantitative estimate of drug-likeness (QED) is 0.946. The van der Waals surface area contributed by atoms with Crippen LogP contribution in [-0.2, 0) is 4.74 Å². The molecule has 116 valence electrons. The van der Waals surface area contributed by atoms with Crippen LogP contribution in [0.2, 0.25) is 0 Å². The van der Waals surface area contributed by atoms with Crippen molar-refractivity contribution in [2.24, 2.45) is 0 Å². The molecule has 1 aromatic heterocycles. The van der Waals surface area contributed by atoms with E-state index in [2.05, 4.69) is 24.1 Å². The first kappa shape index (κ1) is 14.7. The van der Waals surface area contributed by atoms with Gasteiger partial charge in [0.25, 0.3) is 5.91 Å². The maximum Gasteiger partial charge on any atom is 0.291 e. The average molecular weight is 300 g/mol. The largest absolute Gasteiger partial charge is 0.459 e. The van der Waals surface area contributed by atoms with Crippen LogP contribution in [0.4, 0.5) is 11.4 Å². The summed E-state index contributed by atoms with van der Waals surface area (Å²) in [7, 11) is 0. The van der Waals surface area contributed by atoms with Crippen molar-refractivity contribution in [2.75, 3.05) is 23.3 Å². The van der Waals surface area contributed by atoms with Crippen molar-refractivity contribution in [1.82, 2.24) is 0 Å². The van der Waals surface area contributed by atoms with Crippen molar-refractivity contribution in [3.05, 3.63) is 48.4 Å². The number of carbonyl (C=O) groups is 1. The molecule has 1 aromatic carbocycles. The highest BCUT2D eigenvalue weighted by Gasteiger charge is 2.22. The Morgan fingerprint density at radius 2 is 1.82 bits per heavy atom. The van der Waals surface area contributed by atoms with Crippen molar-refractivity contribution < 1.29 is 13.9 Å². The highest BCUT2D eigenvalue weighted by Crippen LogP contribution is 2.22. The number of furan rings is 1. The molecule has 1 fully saturated rings. The van der Waals surface area contributed by atoms with Crippen LogP contribution < -0.4 is 10.2 Å². The maximum absolute atomic E-state index is 11.9. The number of nitrogens with one attached hydrogen (secondary N) is 1. The van der Waals surface area contributed by atoms with Crippen molar-refractivity contribution in [3.63, 3.8) is 0 Å². The first-order valence-corrected chi connectivity index (χ1v) is 7.47. The van der Waals surface area contributed by atoms with Crippen LogP contribution >= 0.6 is 0 Å². The molecule has 1 aliphatic heterocycles. The summed E-state index contributed by atoms with van der Waals surface area (Å²) in [6.07, 6.45) is 1.93. The fourth-order valence-corrected chi connectivity index (χ4v) is 2.74. The second kappa shape index (κ2) is 6.23. The van der Waals surface area contributed by atoms with E-state index in [1.807, 2.05) is 24.3 Å². The molecule has 1 amide bonds. The van der Waals surface area contributed by atoms with E-state index in [1.54, 1.807) is 12.1 Å². The number of morpholine rings is 1. The smallest absolute Gasteiger partial charge is 0.291 e. The molecule has 2 atom stereocenters. The number of hydrogen-bond donors (Lipinski definition) is 1. The van der Waals surface area contributed by atoms with E-state index in [1.165, 1.54) is 6.26 Å². The number of hydrogen-bond acceptors (Lipinski definition) is 4. The Hall–Kier alpha value is -2.27. The highest BCUT2D eigenvalue weighted by molar-refractivity contribution is 6.02. The SMILES string of the molecule is C[C@H]1CN(c2ccc(NC(=O)c3ccco3)cc2)C[C@H](C)O1. The molecule has 3 rings (SSSR count). The van der Waals surface area contributed by atoms with Gasteiger partial charge in [0, 0.05) is 24.5 Å². The molecule has 5 heteroatoms. The molecule has 1 N–H and O–H groups in total. The van der Waals surface area contributed by atoms with E-state index >= 15 is 0 Å². The molecular formula is C17H20N2O3. The Morgan fingerprint density at radius 1 is 1.14 bits per heavy atom. The molecule has 0 unspecified atom stereocenters. The number of rotatable bonds is 3. The minimum absolute atomic E-state index is 0.224. The van der Waals surface area contributed by atoms with E-state index in [0.29, 0.717) is 5.76 Å². The summed E-state index contributed by atoms with van der Waals surface area (Å²) in [5, 5.41) is 2.82. The van der Waals surface area contributed by atoms with Crippen molar-refractivity contribution in [3.8, 4) is 0 Å². The van der Waals surface area contributed by atoms with Crippen LogP contribution in [0.15, 0.2) is 47.1 Å². The summed E-state index contributed by atoms with van der Waals surface area (Å²) in [5.74, 6) is 0.0614. The first-order valence-electron chi connectivity index (χ1n) is 7.47. The lowest BCUT2D eigenvalue weighted by atomic mass is 10.2. The van der Waals surface area contributed by atoms with Crippen LogP contribution in [0, 0.1) is 0 Å². The Balaban J connectivity index is 1.66. The lowest BCUT2D eigenvalue weighted by molar-refractivity contribution is -0.00521. The molecule has 0 radical (unpaired) electrons. The molecule has 5 nitrogen and oxygen atoms in total. The summed E-state index contributed by atoms with van der Waals surface area (Å²) < 4.78 is 10.8.